The Morgan fingerprint density at radius 1 is 1.23 bits per heavy atom. The number of anilines is 1. The molecule has 0 radical (unpaired) electrons. The predicted octanol–water partition coefficient (Wildman–Crippen LogP) is 4.52. The molecule has 30 heavy (non-hydrogen) atoms. The van der Waals surface area contributed by atoms with Gasteiger partial charge in [0.2, 0.25) is 17.6 Å². The maximum absolute atomic E-state index is 12.3. The second-order valence-corrected chi connectivity index (χ2v) is 7.48. The Hall–Kier alpha value is -2.90. The number of rotatable bonds is 8. The van der Waals surface area contributed by atoms with Crippen LogP contribution in [0.4, 0.5) is 5.69 Å². The molecule has 3 aromatic rings. The van der Waals surface area contributed by atoms with Crippen LogP contribution in [0.3, 0.4) is 0 Å². The summed E-state index contributed by atoms with van der Waals surface area (Å²) < 4.78 is 16.6. The monoisotopic (exact) mass is 427 g/mol. The third-order valence-corrected chi connectivity index (χ3v) is 4.97. The summed E-state index contributed by atoms with van der Waals surface area (Å²) in [6, 6.07) is 14.5. The Morgan fingerprint density at radius 2 is 2.10 bits per heavy atom. The number of hydrogen-bond acceptors (Lipinski definition) is 6. The van der Waals surface area contributed by atoms with Crippen molar-refractivity contribution < 1.29 is 18.8 Å². The van der Waals surface area contributed by atoms with E-state index in [0.29, 0.717) is 41.2 Å². The molecule has 156 valence electrons. The Balaban J connectivity index is 1.26. The first-order valence-electron chi connectivity index (χ1n) is 9.88. The SMILES string of the molecule is O=C(CCc1nc(-c2ccc(Cl)cc2)no1)Nc1cccc(OCC2CCCO2)c1. The van der Waals surface area contributed by atoms with Crippen molar-refractivity contribution in [2.45, 2.75) is 31.8 Å². The molecule has 1 unspecified atom stereocenters. The molecular weight excluding hydrogens is 406 g/mol. The molecule has 1 amide bonds. The summed E-state index contributed by atoms with van der Waals surface area (Å²) in [6.45, 7) is 1.32. The van der Waals surface area contributed by atoms with Crippen molar-refractivity contribution in [3.63, 3.8) is 0 Å². The minimum atomic E-state index is -0.141. The molecule has 8 heteroatoms. The fourth-order valence-corrected chi connectivity index (χ4v) is 3.27. The molecule has 1 atom stereocenters. The molecule has 7 nitrogen and oxygen atoms in total. The van der Waals surface area contributed by atoms with E-state index >= 15 is 0 Å². The van der Waals surface area contributed by atoms with Crippen LogP contribution in [-0.4, -0.2) is 35.4 Å². The normalized spacial score (nSPS) is 15.8. The van der Waals surface area contributed by atoms with Crippen molar-refractivity contribution in [3.8, 4) is 17.1 Å². The van der Waals surface area contributed by atoms with Gasteiger partial charge in [-0.3, -0.25) is 4.79 Å². The average Bonchev–Trinajstić information content (AvgIpc) is 3.44. The maximum atomic E-state index is 12.3. The summed E-state index contributed by atoms with van der Waals surface area (Å²) in [7, 11) is 0. The van der Waals surface area contributed by atoms with Crippen LogP contribution in [0, 0.1) is 0 Å². The number of nitrogens with one attached hydrogen (secondary N) is 1. The number of halogens is 1. The molecule has 0 saturated carbocycles. The Kier molecular flexibility index (Phi) is 6.61. The molecule has 1 saturated heterocycles. The highest BCUT2D eigenvalue weighted by Crippen LogP contribution is 2.21. The number of benzene rings is 2. The van der Waals surface area contributed by atoms with Crippen molar-refractivity contribution >= 4 is 23.2 Å². The van der Waals surface area contributed by atoms with Crippen LogP contribution in [-0.2, 0) is 16.0 Å². The first kappa shape index (κ1) is 20.4. The second-order valence-electron chi connectivity index (χ2n) is 7.04. The molecular formula is C22H22ClN3O4. The molecule has 0 aliphatic carbocycles. The van der Waals surface area contributed by atoms with Crippen molar-refractivity contribution in [1.82, 2.24) is 10.1 Å². The van der Waals surface area contributed by atoms with E-state index in [1.165, 1.54) is 0 Å². The standard InChI is InChI=1S/C22H22ClN3O4/c23-16-8-6-15(7-9-16)22-25-21(30-26-22)11-10-20(27)24-17-3-1-4-18(13-17)29-14-19-5-2-12-28-19/h1,3-4,6-9,13,19H,2,5,10-12,14H2,(H,24,27). The third-order valence-electron chi connectivity index (χ3n) is 4.71. The highest BCUT2D eigenvalue weighted by molar-refractivity contribution is 6.30. The van der Waals surface area contributed by atoms with Crippen molar-refractivity contribution in [3.05, 3.63) is 59.4 Å². The number of carbonyl (C=O) groups excluding carboxylic acids is 1. The smallest absolute Gasteiger partial charge is 0.227 e. The van der Waals surface area contributed by atoms with Gasteiger partial charge in [-0.2, -0.15) is 4.98 Å². The number of nitrogens with zero attached hydrogens (tertiary/aromatic N) is 2. The summed E-state index contributed by atoms with van der Waals surface area (Å²) in [5, 5.41) is 7.46. The van der Waals surface area contributed by atoms with Crippen LogP contribution in [0.2, 0.25) is 5.02 Å². The van der Waals surface area contributed by atoms with Gasteiger partial charge in [0, 0.05) is 41.8 Å². The fourth-order valence-electron chi connectivity index (χ4n) is 3.15. The lowest BCUT2D eigenvalue weighted by Gasteiger charge is -2.12. The van der Waals surface area contributed by atoms with Crippen LogP contribution in [0.1, 0.15) is 25.2 Å². The van der Waals surface area contributed by atoms with E-state index in [4.69, 9.17) is 25.6 Å². The van der Waals surface area contributed by atoms with Crippen molar-refractivity contribution in [2.75, 3.05) is 18.5 Å². The van der Waals surface area contributed by atoms with Gasteiger partial charge in [0.25, 0.3) is 0 Å². The Bertz CT molecular complexity index is 984. The fraction of sp³-hybridized carbons (Fsp3) is 0.318. The zero-order chi connectivity index (χ0) is 20.8. The summed E-state index contributed by atoms with van der Waals surface area (Å²) in [5.41, 5.74) is 1.48. The van der Waals surface area contributed by atoms with Crippen molar-refractivity contribution in [1.29, 1.82) is 0 Å². The van der Waals surface area contributed by atoms with E-state index in [-0.39, 0.29) is 18.4 Å². The molecule has 0 spiro atoms. The molecule has 1 N–H and O–H groups in total. The Morgan fingerprint density at radius 3 is 2.90 bits per heavy atom. The first-order valence-corrected chi connectivity index (χ1v) is 10.3. The molecule has 2 aromatic carbocycles. The van der Waals surface area contributed by atoms with E-state index in [1.54, 1.807) is 18.2 Å². The molecule has 1 aliphatic heterocycles. The number of aromatic nitrogens is 2. The van der Waals surface area contributed by atoms with Crippen LogP contribution in [0.15, 0.2) is 53.1 Å². The van der Waals surface area contributed by atoms with Crippen LogP contribution < -0.4 is 10.1 Å². The van der Waals surface area contributed by atoms with Gasteiger partial charge in [-0.25, -0.2) is 0 Å². The summed E-state index contributed by atoms with van der Waals surface area (Å²) in [6.07, 6.45) is 2.82. The highest BCUT2D eigenvalue weighted by Gasteiger charge is 2.16. The van der Waals surface area contributed by atoms with Crippen LogP contribution in [0.25, 0.3) is 11.4 Å². The maximum Gasteiger partial charge on any atom is 0.227 e. The van der Waals surface area contributed by atoms with Gasteiger partial charge in [0.15, 0.2) is 0 Å². The van der Waals surface area contributed by atoms with Crippen LogP contribution in [0.5, 0.6) is 5.75 Å². The van der Waals surface area contributed by atoms with Gasteiger partial charge in [-0.05, 0) is 49.2 Å². The van der Waals surface area contributed by atoms with Gasteiger partial charge >= 0.3 is 0 Å². The Labute approximate surface area is 179 Å². The molecule has 1 aliphatic rings. The lowest BCUT2D eigenvalue weighted by Crippen LogP contribution is -2.16. The number of hydrogen-bond donors (Lipinski definition) is 1. The third kappa shape index (κ3) is 5.58. The van der Waals surface area contributed by atoms with E-state index in [2.05, 4.69) is 15.5 Å². The first-order chi connectivity index (χ1) is 14.7. The van der Waals surface area contributed by atoms with Gasteiger partial charge in [-0.15, -0.1) is 0 Å². The molecule has 1 aromatic heterocycles. The zero-order valence-electron chi connectivity index (χ0n) is 16.3. The topological polar surface area (TPSA) is 86.5 Å². The van der Waals surface area contributed by atoms with Crippen LogP contribution >= 0.6 is 11.6 Å². The number of aryl methyl sites for hydroxylation is 1. The summed E-state index contributed by atoms with van der Waals surface area (Å²) >= 11 is 5.89. The lowest BCUT2D eigenvalue weighted by molar-refractivity contribution is -0.116. The molecule has 4 rings (SSSR count). The van der Waals surface area contributed by atoms with E-state index in [9.17, 15) is 4.79 Å². The van der Waals surface area contributed by atoms with Gasteiger partial charge in [-0.1, -0.05) is 22.8 Å². The molecule has 2 heterocycles. The largest absolute Gasteiger partial charge is 0.491 e. The van der Waals surface area contributed by atoms with Crippen molar-refractivity contribution in [2.24, 2.45) is 0 Å². The van der Waals surface area contributed by atoms with Gasteiger partial charge in [0.05, 0.1) is 6.10 Å². The van der Waals surface area contributed by atoms with E-state index < -0.39 is 0 Å². The second kappa shape index (κ2) is 9.73. The summed E-state index contributed by atoms with van der Waals surface area (Å²) in [4.78, 5) is 16.6. The zero-order valence-corrected chi connectivity index (χ0v) is 17.1. The van der Waals surface area contributed by atoms with E-state index in [1.807, 2.05) is 30.3 Å². The minimum Gasteiger partial charge on any atom is -0.491 e. The molecule has 1 fully saturated rings. The number of amides is 1. The van der Waals surface area contributed by atoms with Gasteiger partial charge in [0.1, 0.15) is 12.4 Å². The predicted molar refractivity (Wildman–Crippen MR) is 113 cm³/mol. The number of ether oxygens (including phenoxy) is 2. The highest BCUT2D eigenvalue weighted by atomic mass is 35.5. The van der Waals surface area contributed by atoms with E-state index in [0.717, 1.165) is 25.0 Å². The molecule has 0 bridgehead atoms. The summed E-state index contributed by atoms with van der Waals surface area (Å²) in [5.74, 6) is 1.44. The minimum absolute atomic E-state index is 0.141. The lowest BCUT2D eigenvalue weighted by atomic mass is 10.2. The number of carbonyl (C=O) groups is 1. The average molecular weight is 428 g/mol. The quantitative estimate of drug-likeness (QED) is 0.568. The van der Waals surface area contributed by atoms with Gasteiger partial charge < -0.3 is 19.3 Å².